The van der Waals surface area contributed by atoms with E-state index in [9.17, 15) is 4.79 Å². The van der Waals surface area contributed by atoms with Crippen molar-refractivity contribution in [1.82, 2.24) is 9.97 Å². The molecule has 16 heavy (non-hydrogen) atoms. The third-order valence-corrected chi connectivity index (χ3v) is 3.44. The summed E-state index contributed by atoms with van der Waals surface area (Å²) in [5.41, 5.74) is 0.615. The molecule has 0 aliphatic rings. The smallest absolute Gasteiger partial charge is 0.353 e. The van der Waals surface area contributed by atoms with Crippen molar-refractivity contribution in [3.05, 3.63) is 33.1 Å². The minimum atomic E-state index is -1.07. The number of aromatic nitrogens is 2. The van der Waals surface area contributed by atoms with Crippen LogP contribution in [0.5, 0.6) is 0 Å². The maximum absolute atomic E-state index is 11.0. The fourth-order valence-electron chi connectivity index (χ4n) is 1.22. The van der Waals surface area contributed by atoms with Gasteiger partial charge in [-0.05, 0) is 24.4 Å². The van der Waals surface area contributed by atoms with Crippen LogP contribution in [-0.4, -0.2) is 21.0 Å². The number of halogens is 1. The van der Waals surface area contributed by atoms with Crippen molar-refractivity contribution in [3.8, 4) is 10.4 Å². The number of H-pyrrole nitrogens is 1. The van der Waals surface area contributed by atoms with Crippen molar-refractivity contribution < 1.29 is 9.90 Å². The molecular formula is C9H5ClN2O2S2. The molecule has 0 radical (unpaired) electrons. The van der Waals surface area contributed by atoms with E-state index in [0.29, 0.717) is 14.4 Å². The van der Waals surface area contributed by atoms with Gasteiger partial charge in [-0.25, -0.2) is 9.78 Å². The zero-order chi connectivity index (χ0) is 11.7. The Hall–Kier alpha value is -1.24. The third kappa shape index (κ3) is 1.99. The molecule has 0 saturated heterocycles. The number of thiazole rings is 1. The maximum Gasteiger partial charge on any atom is 0.353 e. The second-order valence-corrected chi connectivity index (χ2v) is 4.91. The zero-order valence-corrected chi connectivity index (χ0v) is 10.1. The number of aromatic carboxylic acids is 1. The largest absolute Gasteiger partial charge is 0.477 e. The van der Waals surface area contributed by atoms with Gasteiger partial charge in [0.25, 0.3) is 0 Å². The molecule has 2 aromatic rings. The number of hydrogen-bond acceptors (Lipinski definition) is 4. The van der Waals surface area contributed by atoms with Gasteiger partial charge in [-0.15, -0.1) is 11.3 Å². The Bertz CT molecular complexity index is 606. The molecule has 0 saturated carbocycles. The summed E-state index contributed by atoms with van der Waals surface area (Å²) >= 11 is 12.0. The molecular weight excluding hydrogens is 268 g/mol. The first-order valence-corrected chi connectivity index (χ1v) is 5.77. The van der Waals surface area contributed by atoms with Gasteiger partial charge < -0.3 is 10.1 Å². The molecule has 4 nitrogen and oxygen atoms in total. The lowest BCUT2D eigenvalue weighted by Gasteiger charge is -2.00. The van der Waals surface area contributed by atoms with E-state index in [1.54, 1.807) is 12.1 Å². The van der Waals surface area contributed by atoms with E-state index in [0.717, 1.165) is 11.3 Å². The highest BCUT2D eigenvalue weighted by Gasteiger charge is 2.17. The Balaban J connectivity index is 2.69. The lowest BCUT2D eigenvalue weighted by Crippen LogP contribution is -1.98. The minimum absolute atomic E-state index is 0.0462. The highest BCUT2D eigenvalue weighted by Crippen LogP contribution is 2.32. The van der Waals surface area contributed by atoms with E-state index >= 15 is 0 Å². The number of pyridine rings is 1. The Morgan fingerprint density at radius 3 is 3.00 bits per heavy atom. The molecule has 7 heteroatoms. The summed E-state index contributed by atoms with van der Waals surface area (Å²) in [5, 5.41) is 9.26. The molecule has 82 valence electrons. The second-order valence-electron chi connectivity index (χ2n) is 2.87. The van der Waals surface area contributed by atoms with Crippen molar-refractivity contribution in [3.63, 3.8) is 0 Å². The highest BCUT2D eigenvalue weighted by molar-refractivity contribution is 7.73. The molecule has 2 aromatic heterocycles. The first kappa shape index (κ1) is 11.3. The predicted octanol–water partition coefficient (Wildman–Crippen LogP) is 3.22. The Morgan fingerprint density at radius 1 is 1.62 bits per heavy atom. The normalized spacial score (nSPS) is 10.3. The van der Waals surface area contributed by atoms with Gasteiger partial charge in [0.1, 0.15) is 10.8 Å². The van der Waals surface area contributed by atoms with Gasteiger partial charge in [0.2, 0.25) is 0 Å². The monoisotopic (exact) mass is 272 g/mol. The number of rotatable bonds is 2. The van der Waals surface area contributed by atoms with Gasteiger partial charge in [0.05, 0.1) is 4.88 Å². The molecule has 0 unspecified atom stereocenters. The third-order valence-electron chi connectivity index (χ3n) is 1.87. The lowest BCUT2D eigenvalue weighted by molar-refractivity contribution is 0.0692. The van der Waals surface area contributed by atoms with Crippen LogP contribution in [0, 0.1) is 3.95 Å². The van der Waals surface area contributed by atoms with Gasteiger partial charge in [0.15, 0.2) is 3.95 Å². The average molecular weight is 273 g/mol. The fourth-order valence-corrected chi connectivity index (χ4v) is 2.70. The summed E-state index contributed by atoms with van der Waals surface area (Å²) in [5.74, 6) is -1.07. The fraction of sp³-hybridized carbons (Fsp3) is 0. The lowest BCUT2D eigenvalue weighted by atomic mass is 10.2. The number of aromatic amines is 1. The van der Waals surface area contributed by atoms with Crippen molar-refractivity contribution in [2.24, 2.45) is 0 Å². The molecule has 0 aliphatic heterocycles. The van der Waals surface area contributed by atoms with Crippen LogP contribution in [0.4, 0.5) is 0 Å². The average Bonchev–Trinajstić information content (AvgIpc) is 2.61. The molecule has 2 heterocycles. The number of carboxylic acids is 1. The van der Waals surface area contributed by atoms with Crippen LogP contribution in [-0.2, 0) is 0 Å². The molecule has 0 spiro atoms. The first-order chi connectivity index (χ1) is 7.59. The summed E-state index contributed by atoms with van der Waals surface area (Å²) < 4.78 is 0.396. The number of hydrogen-bond donors (Lipinski definition) is 2. The number of carbonyl (C=O) groups is 1. The van der Waals surface area contributed by atoms with Crippen LogP contribution in [0.1, 0.15) is 10.5 Å². The standard InChI is InChI=1S/C9H5ClN2O2S2/c10-7-4(2-1-3-11-7)6-5(8(13)14)12-9(15)16-6/h1-3H,(H,12,15)(H,13,14). The van der Waals surface area contributed by atoms with Crippen molar-refractivity contribution in [2.45, 2.75) is 0 Å². The summed E-state index contributed by atoms with van der Waals surface area (Å²) in [4.78, 5) is 18.0. The Kier molecular flexibility index (Phi) is 3.04. The molecule has 0 amide bonds. The SMILES string of the molecule is O=C(O)c1[nH]c(=S)sc1-c1cccnc1Cl. The summed E-state index contributed by atoms with van der Waals surface area (Å²) in [6.45, 7) is 0. The molecule has 2 rings (SSSR count). The van der Waals surface area contributed by atoms with Crippen molar-refractivity contribution in [2.75, 3.05) is 0 Å². The molecule has 2 N–H and O–H groups in total. The molecule has 0 atom stereocenters. The van der Waals surface area contributed by atoms with Gasteiger partial charge in [0, 0.05) is 11.8 Å². The van der Waals surface area contributed by atoms with Crippen LogP contribution in [0.2, 0.25) is 5.15 Å². The van der Waals surface area contributed by atoms with Crippen molar-refractivity contribution in [1.29, 1.82) is 0 Å². The predicted molar refractivity (Wildman–Crippen MR) is 64.7 cm³/mol. The van der Waals surface area contributed by atoms with Crippen LogP contribution in [0.15, 0.2) is 18.3 Å². The maximum atomic E-state index is 11.0. The van der Waals surface area contributed by atoms with E-state index in [1.807, 2.05) is 0 Å². The summed E-state index contributed by atoms with van der Waals surface area (Å²) in [6, 6.07) is 3.39. The first-order valence-electron chi connectivity index (χ1n) is 4.17. The second kappa shape index (κ2) is 4.32. The summed E-state index contributed by atoms with van der Waals surface area (Å²) in [7, 11) is 0. The van der Waals surface area contributed by atoms with Crippen LogP contribution >= 0.6 is 35.2 Å². The quantitative estimate of drug-likeness (QED) is 0.651. The van der Waals surface area contributed by atoms with E-state index in [4.69, 9.17) is 28.9 Å². The molecule has 0 fully saturated rings. The topological polar surface area (TPSA) is 66.0 Å². The number of nitrogens with zero attached hydrogens (tertiary/aromatic N) is 1. The minimum Gasteiger partial charge on any atom is -0.477 e. The Labute approximate surface area is 105 Å². The van der Waals surface area contributed by atoms with E-state index in [2.05, 4.69) is 9.97 Å². The zero-order valence-electron chi connectivity index (χ0n) is 7.73. The van der Waals surface area contributed by atoms with E-state index in [1.165, 1.54) is 6.20 Å². The van der Waals surface area contributed by atoms with Crippen LogP contribution in [0.25, 0.3) is 10.4 Å². The van der Waals surface area contributed by atoms with Gasteiger partial charge >= 0.3 is 5.97 Å². The van der Waals surface area contributed by atoms with E-state index < -0.39 is 5.97 Å². The number of carboxylic acid groups (broad SMARTS) is 1. The summed E-state index contributed by atoms with van der Waals surface area (Å²) in [6.07, 6.45) is 1.54. The molecule has 0 aromatic carbocycles. The van der Waals surface area contributed by atoms with Crippen LogP contribution < -0.4 is 0 Å². The van der Waals surface area contributed by atoms with Crippen molar-refractivity contribution >= 4 is 41.1 Å². The number of nitrogens with one attached hydrogen (secondary N) is 1. The van der Waals surface area contributed by atoms with Gasteiger partial charge in [-0.2, -0.15) is 0 Å². The van der Waals surface area contributed by atoms with Gasteiger partial charge in [-0.1, -0.05) is 11.6 Å². The highest BCUT2D eigenvalue weighted by atomic mass is 35.5. The van der Waals surface area contributed by atoms with Gasteiger partial charge in [-0.3, -0.25) is 0 Å². The molecule has 0 bridgehead atoms. The van der Waals surface area contributed by atoms with E-state index in [-0.39, 0.29) is 10.8 Å². The Morgan fingerprint density at radius 2 is 2.38 bits per heavy atom. The van der Waals surface area contributed by atoms with Crippen LogP contribution in [0.3, 0.4) is 0 Å². The molecule has 0 aliphatic carbocycles.